The van der Waals surface area contributed by atoms with Crippen molar-refractivity contribution in [3.8, 4) is 0 Å². The van der Waals surface area contributed by atoms with Crippen molar-refractivity contribution < 1.29 is 9.53 Å². The zero-order valence-electron chi connectivity index (χ0n) is 8.25. The highest BCUT2D eigenvalue weighted by molar-refractivity contribution is 5.70. The quantitative estimate of drug-likeness (QED) is 0.481. The van der Waals surface area contributed by atoms with Crippen LogP contribution in [-0.4, -0.2) is 13.1 Å². The van der Waals surface area contributed by atoms with Crippen molar-refractivity contribution in [3.63, 3.8) is 0 Å². The predicted molar refractivity (Wildman–Crippen MR) is 50.1 cm³/mol. The number of rotatable bonds is 2. The third-order valence-corrected chi connectivity index (χ3v) is 3.57. The van der Waals surface area contributed by atoms with Gasteiger partial charge in [-0.25, -0.2) is 0 Å². The first-order chi connectivity index (χ1) is 6.14. The molecule has 0 aromatic rings. The zero-order chi connectivity index (χ0) is 9.47. The molecule has 13 heavy (non-hydrogen) atoms. The van der Waals surface area contributed by atoms with Gasteiger partial charge in [-0.2, -0.15) is 0 Å². The molecule has 3 unspecified atom stereocenters. The van der Waals surface area contributed by atoms with Crippen LogP contribution in [0.25, 0.3) is 0 Å². The van der Waals surface area contributed by atoms with Gasteiger partial charge in [0.2, 0.25) is 0 Å². The summed E-state index contributed by atoms with van der Waals surface area (Å²) in [5, 5.41) is 0. The van der Waals surface area contributed by atoms with E-state index >= 15 is 0 Å². The van der Waals surface area contributed by atoms with Gasteiger partial charge in [-0.1, -0.05) is 19.1 Å². The van der Waals surface area contributed by atoms with Crippen molar-refractivity contribution >= 4 is 5.97 Å². The Kier molecular flexibility index (Phi) is 1.94. The highest BCUT2D eigenvalue weighted by atomic mass is 16.5. The minimum Gasteiger partial charge on any atom is -0.469 e. The molecule has 2 aliphatic carbocycles. The van der Waals surface area contributed by atoms with Crippen LogP contribution >= 0.6 is 0 Å². The number of fused-ring (bicyclic) bond motifs is 2. The molecule has 0 spiro atoms. The number of methoxy groups -OCH3 is 1. The van der Waals surface area contributed by atoms with Crippen LogP contribution in [0.1, 0.15) is 26.2 Å². The van der Waals surface area contributed by atoms with Gasteiger partial charge in [0.25, 0.3) is 0 Å². The topological polar surface area (TPSA) is 26.3 Å². The van der Waals surface area contributed by atoms with E-state index in [0.29, 0.717) is 12.3 Å². The fourth-order valence-electron chi connectivity index (χ4n) is 2.80. The lowest BCUT2D eigenvalue weighted by Gasteiger charge is -2.29. The van der Waals surface area contributed by atoms with Gasteiger partial charge in [-0.15, -0.1) is 0 Å². The van der Waals surface area contributed by atoms with Gasteiger partial charge in [0, 0.05) is 0 Å². The van der Waals surface area contributed by atoms with E-state index in [2.05, 4.69) is 19.1 Å². The fraction of sp³-hybridized carbons (Fsp3) is 0.727. The van der Waals surface area contributed by atoms with Gasteiger partial charge in [-0.05, 0) is 30.1 Å². The minimum absolute atomic E-state index is 0.0662. The Bertz CT molecular complexity index is 257. The molecule has 2 bridgehead atoms. The van der Waals surface area contributed by atoms with Crippen LogP contribution in [-0.2, 0) is 9.53 Å². The zero-order valence-corrected chi connectivity index (χ0v) is 8.25. The molecule has 2 heteroatoms. The summed E-state index contributed by atoms with van der Waals surface area (Å²) in [5.41, 5.74) is 0.173. The van der Waals surface area contributed by atoms with E-state index in [-0.39, 0.29) is 11.4 Å². The highest BCUT2D eigenvalue weighted by Crippen LogP contribution is 2.53. The molecular weight excluding hydrogens is 164 g/mol. The van der Waals surface area contributed by atoms with Crippen molar-refractivity contribution in [2.75, 3.05) is 7.11 Å². The number of carbonyl (C=O) groups is 1. The number of carbonyl (C=O) groups excluding carboxylic acids is 1. The monoisotopic (exact) mass is 180 g/mol. The lowest BCUT2D eigenvalue weighted by atomic mass is 9.75. The summed E-state index contributed by atoms with van der Waals surface area (Å²) in [6, 6.07) is 0. The SMILES string of the molecule is COC(=O)CC1(C)CC2C=CC1C2. The molecule has 3 atom stereocenters. The first-order valence-corrected chi connectivity index (χ1v) is 4.89. The molecule has 1 saturated carbocycles. The molecule has 0 amide bonds. The number of esters is 1. The molecule has 0 radical (unpaired) electrons. The summed E-state index contributed by atoms with van der Waals surface area (Å²) in [7, 11) is 1.47. The Morgan fingerprint density at radius 3 is 2.85 bits per heavy atom. The first-order valence-electron chi connectivity index (χ1n) is 4.89. The molecular formula is C11H16O2. The summed E-state index contributed by atoms with van der Waals surface area (Å²) in [6.45, 7) is 2.21. The summed E-state index contributed by atoms with van der Waals surface area (Å²) < 4.78 is 4.72. The maximum atomic E-state index is 11.2. The van der Waals surface area contributed by atoms with E-state index in [0.717, 1.165) is 12.3 Å². The predicted octanol–water partition coefficient (Wildman–Crippen LogP) is 2.15. The molecule has 2 rings (SSSR count). The summed E-state index contributed by atoms with van der Waals surface area (Å²) in [4.78, 5) is 11.2. The number of hydrogen-bond donors (Lipinski definition) is 0. The smallest absolute Gasteiger partial charge is 0.306 e. The maximum absolute atomic E-state index is 11.2. The van der Waals surface area contributed by atoms with E-state index in [1.165, 1.54) is 13.5 Å². The second kappa shape index (κ2) is 2.86. The molecule has 0 aromatic carbocycles. The number of hydrogen-bond acceptors (Lipinski definition) is 2. The fourth-order valence-corrected chi connectivity index (χ4v) is 2.80. The van der Waals surface area contributed by atoms with Crippen molar-refractivity contribution in [1.82, 2.24) is 0 Å². The van der Waals surface area contributed by atoms with Gasteiger partial charge in [-0.3, -0.25) is 4.79 Å². The molecule has 2 nitrogen and oxygen atoms in total. The second-order valence-corrected chi connectivity index (χ2v) is 4.60. The van der Waals surface area contributed by atoms with Gasteiger partial charge < -0.3 is 4.74 Å². The van der Waals surface area contributed by atoms with Crippen LogP contribution in [0.15, 0.2) is 12.2 Å². The first kappa shape index (κ1) is 8.79. The van der Waals surface area contributed by atoms with Crippen LogP contribution < -0.4 is 0 Å². The van der Waals surface area contributed by atoms with E-state index in [1.807, 2.05) is 0 Å². The molecule has 0 aromatic heterocycles. The van der Waals surface area contributed by atoms with Crippen LogP contribution in [0.2, 0.25) is 0 Å². The van der Waals surface area contributed by atoms with E-state index in [9.17, 15) is 4.79 Å². The Labute approximate surface area is 79.0 Å². The van der Waals surface area contributed by atoms with Crippen LogP contribution in [0.4, 0.5) is 0 Å². The standard InChI is InChI=1S/C11H16O2/c1-11(7-10(12)13-2)6-8-3-4-9(11)5-8/h3-4,8-9H,5-7H2,1-2H3. The average molecular weight is 180 g/mol. The maximum Gasteiger partial charge on any atom is 0.306 e. The largest absolute Gasteiger partial charge is 0.469 e. The Balaban J connectivity index is 2.06. The Morgan fingerprint density at radius 2 is 2.38 bits per heavy atom. The van der Waals surface area contributed by atoms with Crippen LogP contribution in [0.5, 0.6) is 0 Å². The Hall–Kier alpha value is -0.790. The summed E-state index contributed by atoms with van der Waals surface area (Å²) in [6.07, 6.45) is 7.55. The molecule has 0 N–H and O–H groups in total. The second-order valence-electron chi connectivity index (χ2n) is 4.60. The molecule has 0 saturated heterocycles. The third kappa shape index (κ3) is 1.38. The number of ether oxygens (including phenoxy) is 1. The lowest BCUT2D eigenvalue weighted by molar-refractivity contribution is -0.143. The van der Waals surface area contributed by atoms with E-state index in [4.69, 9.17) is 4.74 Å². The van der Waals surface area contributed by atoms with Gasteiger partial charge in [0.1, 0.15) is 0 Å². The average Bonchev–Trinajstić information content (AvgIpc) is 2.62. The number of allylic oxidation sites excluding steroid dienone is 2. The Morgan fingerprint density at radius 1 is 1.62 bits per heavy atom. The third-order valence-electron chi connectivity index (χ3n) is 3.57. The molecule has 0 heterocycles. The van der Waals surface area contributed by atoms with E-state index in [1.54, 1.807) is 0 Å². The molecule has 0 aliphatic heterocycles. The van der Waals surface area contributed by atoms with Crippen LogP contribution in [0.3, 0.4) is 0 Å². The van der Waals surface area contributed by atoms with E-state index < -0.39 is 0 Å². The van der Waals surface area contributed by atoms with Gasteiger partial charge >= 0.3 is 5.97 Å². The molecule has 2 aliphatic rings. The molecule has 72 valence electrons. The van der Waals surface area contributed by atoms with Crippen molar-refractivity contribution in [3.05, 3.63) is 12.2 Å². The van der Waals surface area contributed by atoms with Crippen molar-refractivity contribution in [1.29, 1.82) is 0 Å². The summed E-state index contributed by atoms with van der Waals surface area (Å²) in [5.74, 6) is 1.26. The minimum atomic E-state index is -0.0662. The van der Waals surface area contributed by atoms with Crippen molar-refractivity contribution in [2.24, 2.45) is 17.3 Å². The molecule has 1 fully saturated rings. The summed E-state index contributed by atoms with van der Waals surface area (Å²) >= 11 is 0. The van der Waals surface area contributed by atoms with Gasteiger partial charge in [0.05, 0.1) is 13.5 Å². The normalized spacial score (nSPS) is 41.1. The van der Waals surface area contributed by atoms with Crippen molar-refractivity contribution in [2.45, 2.75) is 26.2 Å². The van der Waals surface area contributed by atoms with Gasteiger partial charge in [0.15, 0.2) is 0 Å². The lowest BCUT2D eigenvalue weighted by Crippen LogP contribution is -2.25. The van der Waals surface area contributed by atoms with Crippen LogP contribution in [0, 0.1) is 17.3 Å². The highest BCUT2D eigenvalue weighted by Gasteiger charge is 2.46.